The molecule has 1 aliphatic heterocycles. The van der Waals surface area contributed by atoms with Gasteiger partial charge in [-0.2, -0.15) is 5.10 Å². The van der Waals surface area contributed by atoms with Crippen LogP contribution in [0, 0.1) is 6.92 Å². The Labute approximate surface area is 180 Å². The van der Waals surface area contributed by atoms with Crippen molar-refractivity contribution < 1.29 is 0 Å². The van der Waals surface area contributed by atoms with E-state index in [9.17, 15) is 9.59 Å². The second-order valence-electron chi connectivity index (χ2n) is 6.99. The number of H-pyrrole nitrogens is 2. The largest absolute Gasteiger partial charge is 0.327 e. The molecule has 30 heavy (non-hydrogen) atoms. The van der Waals surface area contributed by atoms with E-state index < -0.39 is 17.2 Å². The van der Waals surface area contributed by atoms with Gasteiger partial charge in [0.25, 0.3) is 5.56 Å². The molecule has 0 radical (unpaired) electrons. The van der Waals surface area contributed by atoms with E-state index >= 15 is 0 Å². The van der Waals surface area contributed by atoms with E-state index in [1.165, 1.54) is 0 Å². The fourth-order valence-electron chi connectivity index (χ4n) is 3.97. The van der Waals surface area contributed by atoms with Crippen LogP contribution in [0.15, 0.2) is 58.1 Å². The highest BCUT2D eigenvalue weighted by Gasteiger charge is 2.37. The lowest BCUT2D eigenvalue weighted by atomic mass is 9.83. The molecule has 2 aromatic heterocycles. The molecule has 150 valence electrons. The predicted octanol–water partition coefficient (Wildman–Crippen LogP) is 4.10. The van der Waals surface area contributed by atoms with Gasteiger partial charge in [-0.15, -0.1) is 0 Å². The highest BCUT2D eigenvalue weighted by atomic mass is 35.5. The van der Waals surface area contributed by atoms with Gasteiger partial charge in [0, 0.05) is 21.2 Å². The zero-order valence-electron chi connectivity index (χ0n) is 15.7. The molecule has 4 aromatic rings. The van der Waals surface area contributed by atoms with Crippen LogP contribution in [-0.2, 0) is 0 Å². The topological polar surface area (TPSA) is 95.6 Å². The number of para-hydroxylation sites is 1. The molecule has 0 saturated carbocycles. The Bertz CT molecular complexity index is 1390. The van der Waals surface area contributed by atoms with Gasteiger partial charge in [-0.25, -0.2) is 9.48 Å². The minimum absolute atomic E-state index is 0.286. The van der Waals surface area contributed by atoms with Crippen molar-refractivity contribution >= 4 is 34.8 Å². The van der Waals surface area contributed by atoms with Crippen molar-refractivity contribution in [2.75, 3.05) is 5.32 Å². The van der Waals surface area contributed by atoms with Crippen LogP contribution in [0.5, 0.6) is 0 Å². The first-order chi connectivity index (χ1) is 14.5. The summed E-state index contributed by atoms with van der Waals surface area (Å²) >= 11 is 13.1. The zero-order chi connectivity index (χ0) is 21.0. The van der Waals surface area contributed by atoms with Crippen LogP contribution in [0.1, 0.15) is 28.3 Å². The van der Waals surface area contributed by atoms with Crippen molar-refractivity contribution in [1.82, 2.24) is 19.7 Å². The Morgan fingerprint density at radius 2 is 1.60 bits per heavy atom. The summed E-state index contributed by atoms with van der Waals surface area (Å²) in [4.78, 5) is 29.8. The third-order valence-electron chi connectivity index (χ3n) is 5.20. The summed E-state index contributed by atoms with van der Waals surface area (Å²) in [6.07, 6.45) is 0. The van der Waals surface area contributed by atoms with Crippen LogP contribution in [0.25, 0.3) is 5.69 Å². The maximum absolute atomic E-state index is 12.9. The molecule has 5 rings (SSSR count). The van der Waals surface area contributed by atoms with Gasteiger partial charge in [-0.1, -0.05) is 47.5 Å². The van der Waals surface area contributed by atoms with Crippen molar-refractivity contribution in [2.45, 2.75) is 12.8 Å². The second kappa shape index (κ2) is 6.90. The highest BCUT2D eigenvalue weighted by Crippen LogP contribution is 2.48. The summed E-state index contributed by atoms with van der Waals surface area (Å²) in [7, 11) is 0. The fourth-order valence-corrected chi connectivity index (χ4v) is 4.58. The molecule has 0 amide bonds. The average Bonchev–Trinajstić information content (AvgIpc) is 3.04. The number of anilines is 2. The molecule has 7 nitrogen and oxygen atoms in total. The van der Waals surface area contributed by atoms with Crippen LogP contribution in [0.4, 0.5) is 11.6 Å². The smallest absolute Gasteiger partial charge is 0.326 e. The minimum Gasteiger partial charge on any atom is -0.326 e. The van der Waals surface area contributed by atoms with Crippen LogP contribution >= 0.6 is 23.2 Å². The number of aromatic nitrogens is 4. The Kier molecular flexibility index (Phi) is 4.30. The van der Waals surface area contributed by atoms with E-state index in [4.69, 9.17) is 28.3 Å². The third kappa shape index (κ3) is 2.78. The SMILES string of the molecule is Cc1nn(-c2ccccc2)c2c1[C@H](c1c(Cl)cccc1Cl)c1c([nH]c(=O)[nH]c1=O)N2. The average molecular weight is 440 g/mol. The summed E-state index contributed by atoms with van der Waals surface area (Å²) < 4.78 is 1.74. The molecule has 0 bridgehead atoms. The van der Waals surface area contributed by atoms with E-state index in [0.717, 1.165) is 11.3 Å². The third-order valence-corrected chi connectivity index (χ3v) is 5.86. The molecule has 0 aliphatic carbocycles. The van der Waals surface area contributed by atoms with Crippen molar-refractivity contribution in [3.8, 4) is 5.69 Å². The molecule has 9 heteroatoms. The summed E-state index contributed by atoms with van der Waals surface area (Å²) in [6, 6.07) is 14.8. The molecule has 0 unspecified atom stereocenters. The van der Waals surface area contributed by atoms with Crippen molar-refractivity contribution in [2.24, 2.45) is 0 Å². The maximum Gasteiger partial charge on any atom is 0.327 e. The Balaban J connectivity index is 1.88. The summed E-state index contributed by atoms with van der Waals surface area (Å²) in [5.74, 6) is 0.304. The van der Waals surface area contributed by atoms with Gasteiger partial charge in [0.15, 0.2) is 0 Å². The van der Waals surface area contributed by atoms with E-state index in [1.807, 2.05) is 37.3 Å². The van der Waals surface area contributed by atoms with Crippen molar-refractivity contribution in [3.05, 3.63) is 102 Å². The number of halogens is 2. The van der Waals surface area contributed by atoms with E-state index in [0.29, 0.717) is 32.7 Å². The van der Waals surface area contributed by atoms with Crippen LogP contribution in [0.2, 0.25) is 10.0 Å². The molecule has 2 aromatic carbocycles. The number of nitrogens with zero attached hydrogens (tertiary/aromatic N) is 2. The predicted molar refractivity (Wildman–Crippen MR) is 117 cm³/mol. The Morgan fingerprint density at radius 1 is 0.900 bits per heavy atom. The second-order valence-corrected chi connectivity index (χ2v) is 7.80. The minimum atomic E-state index is -0.615. The van der Waals surface area contributed by atoms with Gasteiger partial charge in [0.05, 0.1) is 22.9 Å². The van der Waals surface area contributed by atoms with Gasteiger partial charge < -0.3 is 5.32 Å². The van der Waals surface area contributed by atoms with Gasteiger partial charge in [-0.3, -0.25) is 14.8 Å². The lowest BCUT2D eigenvalue weighted by Crippen LogP contribution is -2.32. The monoisotopic (exact) mass is 439 g/mol. The molecule has 1 aliphatic rings. The number of aromatic amines is 2. The normalized spacial score (nSPS) is 14.7. The molecule has 3 N–H and O–H groups in total. The Morgan fingerprint density at radius 3 is 2.30 bits per heavy atom. The molecular formula is C21H15Cl2N5O2. The Hall–Kier alpha value is -3.29. The van der Waals surface area contributed by atoms with Gasteiger partial charge in [0.1, 0.15) is 11.6 Å². The number of rotatable bonds is 2. The number of hydrogen-bond donors (Lipinski definition) is 3. The van der Waals surface area contributed by atoms with E-state index in [-0.39, 0.29) is 5.82 Å². The first-order valence-corrected chi connectivity index (χ1v) is 9.93. The van der Waals surface area contributed by atoms with Gasteiger partial charge in [0.2, 0.25) is 0 Å². The number of fused-ring (bicyclic) bond motifs is 2. The molecule has 1 atom stereocenters. The molecule has 0 fully saturated rings. The van der Waals surface area contributed by atoms with Crippen molar-refractivity contribution in [3.63, 3.8) is 0 Å². The molecule has 0 saturated heterocycles. The molecule has 3 heterocycles. The zero-order valence-corrected chi connectivity index (χ0v) is 17.2. The first-order valence-electron chi connectivity index (χ1n) is 9.18. The molecular weight excluding hydrogens is 425 g/mol. The first kappa shape index (κ1) is 18.7. The van der Waals surface area contributed by atoms with E-state index in [1.54, 1.807) is 22.9 Å². The molecule has 0 spiro atoms. The summed E-state index contributed by atoms with van der Waals surface area (Å²) in [5.41, 5.74) is 2.08. The number of benzene rings is 2. The van der Waals surface area contributed by atoms with Gasteiger partial charge >= 0.3 is 5.69 Å². The number of aryl methyl sites for hydroxylation is 1. The fraction of sp³-hybridized carbons (Fsp3) is 0.0952. The lowest BCUT2D eigenvalue weighted by Gasteiger charge is -2.28. The van der Waals surface area contributed by atoms with Crippen LogP contribution in [-0.4, -0.2) is 19.7 Å². The summed E-state index contributed by atoms with van der Waals surface area (Å²) in [6.45, 7) is 1.86. The van der Waals surface area contributed by atoms with Gasteiger partial charge in [-0.05, 0) is 31.2 Å². The number of hydrogen-bond acceptors (Lipinski definition) is 4. The lowest BCUT2D eigenvalue weighted by molar-refractivity contribution is 0.859. The van der Waals surface area contributed by atoms with E-state index in [2.05, 4.69) is 15.3 Å². The standard InChI is InChI=1S/C21H15Cl2N5O2/c1-10-14-16(15-12(22)8-5-9-13(15)23)17-18(25-21(30)26-20(17)29)24-19(14)28(27-10)11-6-3-2-4-7-11/h2-9,16H,1H3,(H3,24,25,26,29,30)/t16-/m1/s1. The van der Waals surface area contributed by atoms with Crippen LogP contribution in [0.3, 0.4) is 0 Å². The quantitative estimate of drug-likeness (QED) is 0.385. The number of nitrogens with one attached hydrogen (secondary N) is 3. The maximum atomic E-state index is 12.9. The van der Waals surface area contributed by atoms with Crippen molar-refractivity contribution in [1.29, 1.82) is 0 Å². The van der Waals surface area contributed by atoms with Crippen LogP contribution < -0.4 is 16.6 Å². The summed E-state index contributed by atoms with van der Waals surface area (Å²) in [5, 5.41) is 8.72. The highest BCUT2D eigenvalue weighted by molar-refractivity contribution is 6.36.